The van der Waals surface area contributed by atoms with E-state index in [-0.39, 0.29) is 5.03 Å². The number of sulfone groups is 1. The molecule has 1 heterocycles. The van der Waals surface area contributed by atoms with Crippen molar-refractivity contribution in [2.45, 2.75) is 11.6 Å². The van der Waals surface area contributed by atoms with E-state index in [2.05, 4.69) is 10.3 Å². The van der Waals surface area contributed by atoms with E-state index in [0.29, 0.717) is 29.5 Å². The highest BCUT2D eigenvalue weighted by molar-refractivity contribution is 7.90. The summed E-state index contributed by atoms with van der Waals surface area (Å²) in [5.74, 6) is 1.67. The highest BCUT2D eigenvalue weighted by Gasteiger charge is 2.13. The van der Waals surface area contributed by atoms with Crippen LogP contribution in [0.5, 0.6) is 17.2 Å². The van der Waals surface area contributed by atoms with E-state index < -0.39 is 9.84 Å². The summed E-state index contributed by atoms with van der Waals surface area (Å²) in [5, 5.41) is 3.21. The average molecular weight is 352 g/mol. The van der Waals surface area contributed by atoms with Crippen molar-refractivity contribution in [1.82, 2.24) is 4.98 Å². The Labute approximate surface area is 141 Å². The van der Waals surface area contributed by atoms with Crippen molar-refractivity contribution >= 4 is 15.5 Å². The van der Waals surface area contributed by atoms with Crippen molar-refractivity contribution in [2.75, 3.05) is 32.9 Å². The summed E-state index contributed by atoms with van der Waals surface area (Å²) in [6.07, 6.45) is 2.60. The number of aromatic nitrogens is 1. The van der Waals surface area contributed by atoms with Gasteiger partial charge in [0.05, 0.1) is 33.2 Å². The molecule has 0 saturated carbocycles. The SMILES string of the molecule is COc1cc(CNc2ccc(S(C)(=O)=O)nc2)cc(OC)c1OC. The average Bonchev–Trinajstić information content (AvgIpc) is 2.58. The van der Waals surface area contributed by atoms with Crippen molar-refractivity contribution in [3.05, 3.63) is 36.0 Å². The minimum atomic E-state index is -3.30. The quantitative estimate of drug-likeness (QED) is 0.817. The minimum Gasteiger partial charge on any atom is -0.493 e. The van der Waals surface area contributed by atoms with Crippen molar-refractivity contribution < 1.29 is 22.6 Å². The summed E-state index contributed by atoms with van der Waals surface area (Å²) >= 11 is 0. The van der Waals surface area contributed by atoms with Crippen LogP contribution in [0.15, 0.2) is 35.5 Å². The molecule has 0 unspecified atom stereocenters. The van der Waals surface area contributed by atoms with Crippen LogP contribution in [0.3, 0.4) is 0 Å². The summed E-state index contributed by atoms with van der Waals surface area (Å²) in [4.78, 5) is 3.94. The van der Waals surface area contributed by atoms with E-state index >= 15 is 0 Å². The van der Waals surface area contributed by atoms with Crippen LogP contribution in [-0.4, -0.2) is 41.0 Å². The molecule has 1 N–H and O–H groups in total. The monoisotopic (exact) mass is 352 g/mol. The summed E-state index contributed by atoms with van der Waals surface area (Å²) in [6.45, 7) is 0.483. The zero-order valence-corrected chi connectivity index (χ0v) is 14.8. The molecule has 130 valence electrons. The lowest BCUT2D eigenvalue weighted by atomic mass is 10.1. The van der Waals surface area contributed by atoms with Gasteiger partial charge in [-0.2, -0.15) is 0 Å². The fourth-order valence-corrected chi connectivity index (χ4v) is 2.71. The third kappa shape index (κ3) is 4.08. The van der Waals surface area contributed by atoms with Crippen molar-refractivity contribution in [1.29, 1.82) is 0 Å². The molecule has 1 aromatic carbocycles. The molecular formula is C16H20N2O5S. The molecule has 0 aliphatic heterocycles. The molecule has 8 heteroatoms. The lowest BCUT2D eigenvalue weighted by Gasteiger charge is -2.14. The van der Waals surface area contributed by atoms with Crippen molar-refractivity contribution in [2.24, 2.45) is 0 Å². The van der Waals surface area contributed by atoms with Crippen LogP contribution in [0.2, 0.25) is 0 Å². The smallest absolute Gasteiger partial charge is 0.203 e. The lowest BCUT2D eigenvalue weighted by molar-refractivity contribution is 0.324. The number of benzene rings is 1. The maximum Gasteiger partial charge on any atom is 0.203 e. The molecule has 0 atom stereocenters. The first-order valence-corrected chi connectivity index (χ1v) is 8.97. The van der Waals surface area contributed by atoms with Gasteiger partial charge in [-0.1, -0.05) is 0 Å². The normalized spacial score (nSPS) is 11.0. The number of rotatable bonds is 7. The molecular weight excluding hydrogens is 332 g/mol. The molecule has 7 nitrogen and oxygen atoms in total. The Bertz CT molecular complexity index is 779. The fourth-order valence-electron chi connectivity index (χ4n) is 2.15. The Morgan fingerprint density at radius 1 is 1.04 bits per heavy atom. The third-order valence-electron chi connectivity index (χ3n) is 3.34. The van der Waals surface area contributed by atoms with Crippen LogP contribution in [0.4, 0.5) is 5.69 Å². The molecule has 0 fully saturated rings. The number of anilines is 1. The number of methoxy groups -OCH3 is 3. The first-order chi connectivity index (χ1) is 11.4. The molecule has 0 amide bonds. The van der Waals surface area contributed by atoms with Gasteiger partial charge in [-0.05, 0) is 29.8 Å². The molecule has 0 bridgehead atoms. The van der Waals surface area contributed by atoms with Crippen LogP contribution in [0, 0.1) is 0 Å². The molecule has 24 heavy (non-hydrogen) atoms. The van der Waals surface area contributed by atoms with E-state index in [4.69, 9.17) is 14.2 Å². The van der Waals surface area contributed by atoms with E-state index in [1.165, 1.54) is 12.3 Å². The van der Waals surface area contributed by atoms with Crippen LogP contribution in [-0.2, 0) is 16.4 Å². The fraction of sp³-hybridized carbons (Fsp3) is 0.312. The zero-order chi connectivity index (χ0) is 17.7. The summed E-state index contributed by atoms with van der Waals surface area (Å²) < 4.78 is 38.7. The minimum absolute atomic E-state index is 0.0424. The number of ether oxygens (including phenoxy) is 3. The predicted molar refractivity (Wildman–Crippen MR) is 90.8 cm³/mol. The van der Waals surface area contributed by atoms with Crippen molar-refractivity contribution in [3.8, 4) is 17.2 Å². The highest BCUT2D eigenvalue weighted by Crippen LogP contribution is 2.38. The summed E-state index contributed by atoms with van der Waals surface area (Å²) in [6, 6.07) is 6.81. The second-order valence-electron chi connectivity index (χ2n) is 5.04. The number of hydrogen-bond donors (Lipinski definition) is 1. The van der Waals surface area contributed by atoms with Crippen LogP contribution in [0.1, 0.15) is 5.56 Å². The predicted octanol–water partition coefficient (Wildman–Crippen LogP) is 2.12. The molecule has 0 radical (unpaired) electrons. The molecule has 0 spiro atoms. The molecule has 2 rings (SSSR count). The first kappa shape index (κ1) is 17.9. The standard InChI is InChI=1S/C16H20N2O5S/c1-21-13-7-11(8-14(22-2)16(13)23-3)9-17-12-5-6-15(18-10-12)24(4,19)20/h5-8,10,17H,9H2,1-4H3. The Morgan fingerprint density at radius 3 is 2.08 bits per heavy atom. The first-order valence-electron chi connectivity index (χ1n) is 7.08. The topological polar surface area (TPSA) is 86.8 Å². The van der Waals surface area contributed by atoms with Gasteiger partial charge in [0.25, 0.3) is 0 Å². The van der Waals surface area contributed by atoms with Gasteiger partial charge in [-0.15, -0.1) is 0 Å². The molecule has 0 saturated heterocycles. The maximum atomic E-state index is 11.4. The second kappa shape index (κ2) is 7.39. The maximum absolute atomic E-state index is 11.4. The van der Waals surface area contributed by atoms with Crippen LogP contribution < -0.4 is 19.5 Å². The molecule has 1 aromatic heterocycles. The molecule has 0 aliphatic rings. The largest absolute Gasteiger partial charge is 0.493 e. The number of nitrogens with one attached hydrogen (secondary N) is 1. The van der Waals surface area contributed by atoms with Crippen LogP contribution in [0.25, 0.3) is 0 Å². The van der Waals surface area contributed by atoms with E-state index in [1.807, 2.05) is 12.1 Å². The van der Waals surface area contributed by atoms with Crippen molar-refractivity contribution in [3.63, 3.8) is 0 Å². The second-order valence-corrected chi connectivity index (χ2v) is 7.01. The van der Waals surface area contributed by atoms with Gasteiger partial charge in [0, 0.05) is 12.8 Å². The van der Waals surface area contributed by atoms with E-state index in [1.54, 1.807) is 27.4 Å². The highest BCUT2D eigenvalue weighted by atomic mass is 32.2. The number of hydrogen-bond acceptors (Lipinski definition) is 7. The summed E-state index contributed by atoms with van der Waals surface area (Å²) in [7, 11) is 1.37. The summed E-state index contributed by atoms with van der Waals surface area (Å²) in [5.41, 5.74) is 1.62. The zero-order valence-electron chi connectivity index (χ0n) is 14.0. The Kier molecular flexibility index (Phi) is 5.50. The van der Waals surface area contributed by atoms with Crippen LogP contribution >= 0.6 is 0 Å². The van der Waals surface area contributed by atoms with Gasteiger partial charge in [-0.3, -0.25) is 0 Å². The Hall–Kier alpha value is -2.48. The number of pyridine rings is 1. The van der Waals surface area contributed by atoms with Gasteiger partial charge in [0.2, 0.25) is 5.75 Å². The molecule has 0 aliphatic carbocycles. The van der Waals surface area contributed by atoms with E-state index in [9.17, 15) is 8.42 Å². The third-order valence-corrected chi connectivity index (χ3v) is 4.34. The Morgan fingerprint density at radius 2 is 1.67 bits per heavy atom. The van der Waals surface area contributed by atoms with E-state index in [0.717, 1.165) is 11.8 Å². The number of nitrogens with zero attached hydrogens (tertiary/aromatic N) is 1. The molecule has 2 aromatic rings. The van der Waals surface area contributed by atoms with Gasteiger partial charge >= 0.3 is 0 Å². The Balaban J connectivity index is 2.17. The van der Waals surface area contributed by atoms with Gasteiger partial charge in [-0.25, -0.2) is 13.4 Å². The van der Waals surface area contributed by atoms with Gasteiger partial charge < -0.3 is 19.5 Å². The van der Waals surface area contributed by atoms with Gasteiger partial charge in [0.1, 0.15) is 0 Å². The van der Waals surface area contributed by atoms with Gasteiger partial charge in [0.15, 0.2) is 26.4 Å². The lowest BCUT2D eigenvalue weighted by Crippen LogP contribution is -2.04.